The summed E-state index contributed by atoms with van der Waals surface area (Å²) >= 11 is 2.84. The first kappa shape index (κ1) is 15.0. The van der Waals surface area contributed by atoms with Crippen LogP contribution in [0.2, 0.25) is 0 Å². The maximum absolute atomic E-state index is 10.4. The van der Waals surface area contributed by atoms with Gasteiger partial charge in [0.05, 0.1) is 0 Å². The zero-order valence-electron chi connectivity index (χ0n) is 11.6. The number of amides is 2. The van der Waals surface area contributed by atoms with Crippen LogP contribution in [0.4, 0.5) is 10.3 Å². The van der Waals surface area contributed by atoms with Crippen molar-refractivity contribution in [3.05, 3.63) is 10.0 Å². The molecular weight excluding hydrogens is 324 g/mol. The van der Waals surface area contributed by atoms with Crippen molar-refractivity contribution >= 4 is 45.8 Å². The normalized spacial score (nSPS) is 21.3. The molecule has 116 valence electrons. The number of nitrogens with zero attached hydrogens (tertiary/aromatic N) is 4. The number of anilines is 2. The Labute approximate surface area is 134 Å². The molecule has 8 nitrogen and oxygen atoms in total. The fourth-order valence-electron chi connectivity index (χ4n) is 2.65. The van der Waals surface area contributed by atoms with E-state index in [1.807, 2.05) is 0 Å². The van der Waals surface area contributed by atoms with Crippen LogP contribution in [0.3, 0.4) is 0 Å². The zero-order valence-corrected chi connectivity index (χ0v) is 13.2. The maximum Gasteiger partial charge on any atom is 0.213 e. The number of nitrogens with one attached hydrogen (secondary N) is 2. The summed E-state index contributed by atoms with van der Waals surface area (Å²) in [6.07, 6.45) is 5.36. The van der Waals surface area contributed by atoms with Gasteiger partial charge in [0.25, 0.3) is 0 Å². The van der Waals surface area contributed by atoms with Gasteiger partial charge in [0, 0.05) is 11.8 Å². The molecule has 1 aliphatic rings. The van der Waals surface area contributed by atoms with Gasteiger partial charge in [-0.3, -0.25) is 9.59 Å². The Morgan fingerprint density at radius 1 is 0.864 bits per heavy atom. The molecule has 0 aromatic carbocycles. The first-order chi connectivity index (χ1) is 10.8. The average Bonchev–Trinajstić information content (AvgIpc) is 3.18. The lowest BCUT2D eigenvalue weighted by molar-refractivity contribution is -0.106. The van der Waals surface area contributed by atoms with E-state index in [0.717, 1.165) is 35.7 Å². The van der Waals surface area contributed by atoms with E-state index in [2.05, 4.69) is 31.0 Å². The van der Waals surface area contributed by atoms with Gasteiger partial charge in [0.2, 0.25) is 23.1 Å². The summed E-state index contributed by atoms with van der Waals surface area (Å²) in [6, 6.07) is 0. The largest absolute Gasteiger partial charge is 0.303 e. The van der Waals surface area contributed by atoms with Gasteiger partial charge in [0.1, 0.15) is 10.0 Å². The molecule has 1 fully saturated rings. The molecule has 0 bridgehead atoms. The molecule has 1 saturated carbocycles. The van der Waals surface area contributed by atoms with Crippen molar-refractivity contribution in [1.82, 2.24) is 20.4 Å². The van der Waals surface area contributed by atoms with Crippen LogP contribution in [0.1, 0.15) is 47.5 Å². The van der Waals surface area contributed by atoms with E-state index in [1.54, 1.807) is 0 Å². The predicted molar refractivity (Wildman–Crippen MR) is 83.1 cm³/mol. The molecule has 2 aromatic heterocycles. The quantitative estimate of drug-likeness (QED) is 0.779. The van der Waals surface area contributed by atoms with Crippen LogP contribution >= 0.6 is 22.7 Å². The molecule has 0 radical (unpaired) electrons. The highest BCUT2D eigenvalue weighted by molar-refractivity contribution is 7.15. The molecule has 22 heavy (non-hydrogen) atoms. The van der Waals surface area contributed by atoms with E-state index < -0.39 is 0 Å². The summed E-state index contributed by atoms with van der Waals surface area (Å²) in [4.78, 5) is 20.9. The Bertz CT molecular complexity index is 603. The Kier molecular flexibility index (Phi) is 4.68. The first-order valence-corrected chi connectivity index (χ1v) is 8.50. The summed E-state index contributed by atoms with van der Waals surface area (Å²) in [5.41, 5.74) is 0. The van der Waals surface area contributed by atoms with E-state index >= 15 is 0 Å². The van der Waals surface area contributed by atoms with E-state index in [9.17, 15) is 9.59 Å². The van der Waals surface area contributed by atoms with Gasteiger partial charge >= 0.3 is 0 Å². The van der Waals surface area contributed by atoms with Crippen LogP contribution in [0.25, 0.3) is 0 Å². The molecule has 10 heteroatoms. The van der Waals surface area contributed by atoms with Gasteiger partial charge in [-0.15, -0.1) is 20.4 Å². The second kappa shape index (κ2) is 6.88. The van der Waals surface area contributed by atoms with E-state index in [1.165, 1.54) is 22.7 Å². The van der Waals surface area contributed by atoms with Crippen LogP contribution < -0.4 is 10.6 Å². The minimum Gasteiger partial charge on any atom is -0.303 e. The number of carbonyl (C=O) groups is 2. The standard InChI is InChI=1S/C12H14N6O2S2/c19-5-13-11-17-15-9(21-11)7-2-1-3-8(4-7)10-16-18-12(22-10)14-6-20/h5-8H,1-4H2,(H,13,17,19)(H,14,18,20)/t7-,8+. The lowest BCUT2D eigenvalue weighted by Crippen LogP contribution is -2.12. The molecule has 2 amide bonds. The summed E-state index contributed by atoms with van der Waals surface area (Å²) in [5, 5.41) is 24.3. The van der Waals surface area contributed by atoms with Crippen molar-refractivity contribution in [2.45, 2.75) is 37.5 Å². The lowest BCUT2D eigenvalue weighted by Gasteiger charge is -2.25. The first-order valence-electron chi connectivity index (χ1n) is 6.87. The zero-order chi connectivity index (χ0) is 15.4. The Hall–Kier alpha value is -1.94. The molecule has 1 aliphatic carbocycles. The van der Waals surface area contributed by atoms with Crippen LogP contribution in [-0.2, 0) is 9.59 Å². The molecule has 0 aliphatic heterocycles. The minimum absolute atomic E-state index is 0.324. The Morgan fingerprint density at radius 2 is 1.36 bits per heavy atom. The molecule has 2 aromatic rings. The Morgan fingerprint density at radius 3 is 1.82 bits per heavy atom. The third kappa shape index (κ3) is 3.28. The topological polar surface area (TPSA) is 110 Å². The fraction of sp³-hybridized carbons (Fsp3) is 0.500. The van der Waals surface area contributed by atoms with Gasteiger partial charge in [-0.05, 0) is 19.3 Å². The molecule has 2 atom stereocenters. The predicted octanol–water partition coefficient (Wildman–Crippen LogP) is 1.97. The van der Waals surface area contributed by atoms with Crippen molar-refractivity contribution in [2.75, 3.05) is 10.6 Å². The molecule has 2 N–H and O–H groups in total. The Balaban J connectivity index is 1.69. The highest BCUT2D eigenvalue weighted by Gasteiger charge is 2.29. The molecule has 2 heterocycles. The molecule has 0 spiro atoms. The lowest BCUT2D eigenvalue weighted by atomic mass is 9.82. The van der Waals surface area contributed by atoms with Crippen molar-refractivity contribution in [3.8, 4) is 0 Å². The third-order valence-corrected chi connectivity index (χ3v) is 5.65. The van der Waals surface area contributed by atoms with E-state index in [4.69, 9.17) is 0 Å². The SMILES string of the molecule is O=CNc1nnc([C@@H]2CCC[C@H](c3nnc(NC=O)s3)C2)s1. The number of aromatic nitrogens is 4. The van der Waals surface area contributed by atoms with Gasteiger partial charge in [-0.25, -0.2) is 0 Å². The third-order valence-electron chi connectivity index (χ3n) is 3.62. The van der Waals surface area contributed by atoms with Gasteiger partial charge < -0.3 is 10.6 Å². The maximum atomic E-state index is 10.4. The number of hydrogen-bond acceptors (Lipinski definition) is 8. The molecule has 0 unspecified atom stereocenters. The van der Waals surface area contributed by atoms with Crippen molar-refractivity contribution in [2.24, 2.45) is 0 Å². The summed E-state index contributed by atoms with van der Waals surface area (Å²) in [5.74, 6) is 0.648. The van der Waals surface area contributed by atoms with Crippen LogP contribution in [0.5, 0.6) is 0 Å². The van der Waals surface area contributed by atoms with Crippen molar-refractivity contribution in [3.63, 3.8) is 0 Å². The molecule has 3 rings (SSSR count). The van der Waals surface area contributed by atoms with E-state index in [0.29, 0.717) is 34.9 Å². The highest BCUT2D eigenvalue weighted by atomic mass is 32.1. The fourth-order valence-corrected chi connectivity index (χ4v) is 4.35. The van der Waals surface area contributed by atoms with Crippen LogP contribution in [0.15, 0.2) is 0 Å². The molecule has 0 saturated heterocycles. The van der Waals surface area contributed by atoms with Crippen LogP contribution in [-0.4, -0.2) is 33.2 Å². The highest BCUT2D eigenvalue weighted by Crippen LogP contribution is 2.43. The van der Waals surface area contributed by atoms with Crippen molar-refractivity contribution < 1.29 is 9.59 Å². The van der Waals surface area contributed by atoms with Gasteiger partial charge in [-0.1, -0.05) is 29.1 Å². The number of hydrogen-bond donors (Lipinski definition) is 2. The van der Waals surface area contributed by atoms with Gasteiger partial charge in [0.15, 0.2) is 0 Å². The average molecular weight is 338 g/mol. The minimum atomic E-state index is 0.324. The monoisotopic (exact) mass is 338 g/mol. The number of rotatable bonds is 6. The summed E-state index contributed by atoms with van der Waals surface area (Å²) in [7, 11) is 0. The van der Waals surface area contributed by atoms with Gasteiger partial charge in [-0.2, -0.15) is 0 Å². The van der Waals surface area contributed by atoms with Crippen molar-refractivity contribution in [1.29, 1.82) is 0 Å². The second-order valence-corrected chi connectivity index (χ2v) is 6.99. The summed E-state index contributed by atoms with van der Waals surface area (Å²) in [6.45, 7) is 0. The smallest absolute Gasteiger partial charge is 0.213 e. The van der Waals surface area contributed by atoms with Crippen LogP contribution in [0, 0.1) is 0 Å². The summed E-state index contributed by atoms with van der Waals surface area (Å²) < 4.78 is 0. The molecular formula is C12H14N6O2S2. The van der Waals surface area contributed by atoms with E-state index in [-0.39, 0.29) is 0 Å². The second-order valence-electron chi connectivity index (χ2n) is 4.98. The number of carbonyl (C=O) groups excluding carboxylic acids is 2.